The maximum atomic E-state index is 12.4. The van der Waals surface area contributed by atoms with E-state index in [1.807, 2.05) is 0 Å². The van der Waals surface area contributed by atoms with E-state index in [-0.39, 0.29) is 11.2 Å². The first kappa shape index (κ1) is 10.6. The molecule has 2 nitrogen and oxygen atoms in total. The topological polar surface area (TPSA) is 38.4 Å². The molecule has 1 atom stereocenters. The smallest absolute Gasteiger partial charge is 0.117 e. The van der Waals surface area contributed by atoms with Gasteiger partial charge in [0.05, 0.1) is 16.9 Å². The summed E-state index contributed by atoms with van der Waals surface area (Å²) in [4.78, 5) is 3.86. The second kappa shape index (κ2) is 4.46. The average molecular weight is 179 g/mol. The van der Waals surface area contributed by atoms with Crippen molar-refractivity contribution in [2.75, 3.05) is 0 Å². The standard InChI is InChI=1S/C7H12ClFN2/c1-4(9)7(8)5(2)11-6(3)10/h6H,10H2,1-3H3/b7-4-,11-5?. The van der Waals surface area contributed by atoms with Gasteiger partial charge in [0, 0.05) is 0 Å². The third-order valence-electron chi connectivity index (χ3n) is 1.02. The normalized spacial score (nSPS) is 17.8. The van der Waals surface area contributed by atoms with Crippen LogP contribution in [-0.4, -0.2) is 11.9 Å². The zero-order valence-electron chi connectivity index (χ0n) is 6.86. The number of hydrogen-bond acceptors (Lipinski definition) is 2. The highest BCUT2D eigenvalue weighted by Crippen LogP contribution is 2.12. The number of aliphatic imine (C=N–C) groups is 1. The summed E-state index contributed by atoms with van der Waals surface area (Å²) in [6, 6.07) is 0. The summed E-state index contributed by atoms with van der Waals surface area (Å²) in [6.45, 7) is 4.60. The molecule has 0 saturated carbocycles. The maximum absolute atomic E-state index is 12.4. The highest BCUT2D eigenvalue weighted by Gasteiger charge is 2.02. The van der Waals surface area contributed by atoms with Crippen LogP contribution in [0.1, 0.15) is 20.8 Å². The molecule has 0 aliphatic heterocycles. The van der Waals surface area contributed by atoms with Gasteiger partial charge >= 0.3 is 0 Å². The van der Waals surface area contributed by atoms with Crippen LogP contribution >= 0.6 is 11.6 Å². The SMILES string of the molecule is CC(=NC(C)N)/C(Cl)=C(\C)F. The van der Waals surface area contributed by atoms with Crippen LogP contribution < -0.4 is 5.73 Å². The number of allylic oxidation sites excluding steroid dienone is 2. The summed E-state index contributed by atoms with van der Waals surface area (Å²) < 4.78 is 12.4. The van der Waals surface area contributed by atoms with Crippen molar-refractivity contribution in [2.24, 2.45) is 10.7 Å². The van der Waals surface area contributed by atoms with Gasteiger partial charge in [-0.2, -0.15) is 0 Å². The monoisotopic (exact) mass is 178 g/mol. The number of hydrogen-bond donors (Lipinski definition) is 1. The molecule has 1 unspecified atom stereocenters. The average Bonchev–Trinajstić information content (AvgIpc) is 1.84. The van der Waals surface area contributed by atoms with Gasteiger partial charge in [0.25, 0.3) is 0 Å². The van der Waals surface area contributed by atoms with E-state index in [9.17, 15) is 4.39 Å². The summed E-state index contributed by atoms with van der Waals surface area (Å²) in [5.74, 6) is -0.437. The second-order valence-electron chi connectivity index (χ2n) is 2.30. The molecular formula is C7H12ClFN2. The van der Waals surface area contributed by atoms with Crippen LogP contribution in [0.2, 0.25) is 0 Å². The molecule has 0 aliphatic carbocycles. The number of halogens is 2. The lowest BCUT2D eigenvalue weighted by Gasteiger charge is -2.01. The molecule has 0 amide bonds. The van der Waals surface area contributed by atoms with Crippen LogP contribution in [0.5, 0.6) is 0 Å². The Morgan fingerprint density at radius 3 is 2.27 bits per heavy atom. The molecule has 2 N–H and O–H groups in total. The molecule has 0 spiro atoms. The molecule has 0 radical (unpaired) electrons. The Bertz CT molecular complexity index is 193. The van der Waals surface area contributed by atoms with Gasteiger partial charge in [0.1, 0.15) is 5.83 Å². The highest BCUT2D eigenvalue weighted by atomic mass is 35.5. The van der Waals surface area contributed by atoms with Gasteiger partial charge in [-0.3, -0.25) is 4.99 Å². The fourth-order valence-corrected chi connectivity index (χ4v) is 0.660. The van der Waals surface area contributed by atoms with E-state index < -0.39 is 5.83 Å². The van der Waals surface area contributed by atoms with Gasteiger partial charge in [-0.25, -0.2) is 4.39 Å². The van der Waals surface area contributed by atoms with E-state index in [4.69, 9.17) is 17.3 Å². The zero-order chi connectivity index (χ0) is 9.02. The van der Waals surface area contributed by atoms with Crippen molar-refractivity contribution in [1.82, 2.24) is 0 Å². The molecule has 0 aromatic heterocycles. The molecule has 0 aromatic rings. The van der Waals surface area contributed by atoms with E-state index in [0.29, 0.717) is 5.71 Å². The first-order valence-corrected chi connectivity index (χ1v) is 3.65. The Balaban J connectivity index is 4.50. The summed E-state index contributed by atoms with van der Waals surface area (Å²) >= 11 is 5.53. The van der Waals surface area contributed by atoms with Gasteiger partial charge in [-0.1, -0.05) is 11.6 Å². The van der Waals surface area contributed by atoms with Gasteiger partial charge in [0.2, 0.25) is 0 Å². The first-order valence-electron chi connectivity index (χ1n) is 3.27. The predicted molar refractivity (Wildman–Crippen MR) is 46.4 cm³/mol. The minimum atomic E-state index is -0.437. The van der Waals surface area contributed by atoms with Crippen LogP contribution in [0.3, 0.4) is 0 Å². The molecular weight excluding hydrogens is 167 g/mol. The van der Waals surface area contributed by atoms with Crippen LogP contribution in [0.4, 0.5) is 4.39 Å². The largest absolute Gasteiger partial charge is 0.310 e. The Labute approximate surface area is 70.9 Å². The van der Waals surface area contributed by atoms with Gasteiger partial charge < -0.3 is 5.73 Å². The predicted octanol–water partition coefficient (Wildman–Crippen LogP) is 2.19. The number of nitrogens with zero attached hydrogens (tertiary/aromatic N) is 1. The van der Waals surface area contributed by atoms with Gasteiger partial charge in [0.15, 0.2) is 0 Å². The first-order chi connectivity index (χ1) is 4.95. The third kappa shape index (κ3) is 4.11. The van der Waals surface area contributed by atoms with Gasteiger partial charge in [-0.05, 0) is 20.8 Å². The second-order valence-corrected chi connectivity index (χ2v) is 2.68. The summed E-state index contributed by atoms with van der Waals surface area (Å²) in [7, 11) is 0. The van der Waals surface area contributed by atoms with Crippen molar-refractivity contribution in [3.05, 3.63) is 10.9 Å². The van der Waals surface area contributed by atoms with E-state index in [1.165, 1.54) is 6.92 Å². The highest BCUT2D eigenvalue weighted by molar-refractivity contribution is 6.43. The number of rotatable bonds is 2. The van der Waals surface area contributed by atoms with Crippen LogP contribution in [-0.2, 0) is 0 Å². The molecule has 64 valence electrons. The third-order valence-corrected chi connectivity index (χ3v) is 1.55. The molecule has 0 aliphatic rings. The Kier molecular flexibility index (Phi) is 4.30. The minimum absolute atomic E-state index is 0.0438. The van der Waals surface area contributed by atoms with Crippen molar-refractivity contribution >= 4 is 17.3 Å². The van der Waals surface area contributed by atoms with Crippen LogP contribution in [0.25, 0.3) is 0 Å². The van der Waals surface area contributed by atoms with Crippen LogP contribution in [0.15, 0.2) is 15.9 Å². The lowest BCUT2D eigenvalue weighted by atomic mass is 10.3. The van der Waals surface area contributed by atoms with Crippen molar-refractivity contribution < 1.29 is 4.39 Å². The minimum Gasteiger partial charge on any atom is -0.310 e. The summed E-state index contributed by atoms with van der Waals surface area (Å²) in [6.07, 6.45) is -0.344. The van der Waals surface area contributed by atoms with Crippen molar-refractivity contribution in [3.8, 4) is 0 Å². The van der Waals surface area contributed by atoms with Gasteiger partial charge in [-0.15, -0.1) is 0 Å². The molecule has 0 rings (SSSR count). The molecule has 0 bridgehead atoms. The van der Waals surface area contributed by atoms with E-state index in [2.05, 4.69) is 4.99 Å². The lowest BCUT2D eigenvalue weighted by molar-refractivity contribution is 0.639. The van der Waals surface area contributed by atoms with E-state index >= 15 is 0 Å². The van der Waals surface area contributed by atoms with Crippen molar-refractivity contribution in [3.63, 3.8) is 0 Å². The molecule has 4 heteroatoms. The fraction of sp³-hybridized carbons (Fsp3) is 0.571. The fourth-order valence-electron chi connectivity index (χ4n) is 0.611. The van der Waals surface area contributed by atoms with Crippen molar-refractivity contribution in [2.45, 2.75) is 26.9 Å². The lowest BCUT2D eigenvalue weighted by Crippen LogP contribution is -2.13. The molecule has 0 fully saturated rings. The van der Waals surface area contributed by atoms with Crippen LogP contribution in [0, 0.1) is 0 Å². The number of nitrogens with two attached hydrogens (primary N) is 1. The van der Waals surface area contributed by atoms with E-state index in [0.717, 1.165) is 0 Å². The summed E-state index contributed by atoms with van der Waals surface area (Å²) in [5.41, 5.74) is 5.77. The summed E-state index contributed by atoms with van der Waals surface area (Å²) in [5, 5.41) is 0.0438. The Morgan fingerprint density at radius 2 is 2.00 bits per heavy atom. The molecule has 0 saturated heterocycles. The van der Waals surface area contributed by atoms with Crippen molar-refractivity contribution in [1.29, 1.82) is 0 Å². The van der Waals surface area contributed by atoms with E-state index in [1.54, 1.807) is 13.8 Å². The Hall–Kier alpha value is -0.410. The quantitative estimate of drug-likeness (QED) is 0.647. The molecule has 11 heavy (non-hydrogen) atoms. The molecule has 0 heterocycles. The zero-order valence-corrected chi connectivity index (χ0v) is 7.61. The maximum Gasteiger partial charge on any atom is 0.117 e. The Morgan fingerprint density at radius 1 is 1.55 bits per heavy atom. The molecule has 0 aromatic carbocycles.